The lowest BCUT2D eigenvalue weighted by Gasteiger charge is -2.16. The van der Waals surface area contributed by atoms with Gasteiger partial charge >= 0.3 is 0 Å². The van der Waals surface area contributed by atoms with Crippen molar-refractivity contribution in [1.82, 2.24) is 15.1 Å². The molecule has 1 atom stereocenters. The number of nitrogens with zero attached hydrogens (tertiary/aromatic N) is 2. The number of nitrogen functional groups attached to an aromatic ring is 1. The average Bonchev–Trinajstić information content (AvgIpc) is 3.07. The smallest absolute Gasteiger partial charge is 0.145 e. The van der Waals surface area contributed by atoms with E-state index < -0.39 is 6.17 Å². The fraction of sp³-hybridized carbons (Fsp3) is 0.400. The number of nitrogens with two attached hydrogens (primary N) is 1. The lowest BCUT2D eigenvalue weighted by Crippen LogP contribution is -2.20. The largest absolute Gasteiger partial charge is 0.496 e. The first-order valence-electron chi connectivity index (χ1n) is 7.00. The van der Waals surface area contributed by atoms with Crippen molar-refractivity contribution >= 4 is 5.82 Å². The van der Waals surface area contributed by atoms with Gasteiger partial charge in [0, 0.05) is 31.3 Å². The molecule has 0 spiro atoms. The van der Waals surface area contributed by atoms with Crippen molar-refractivity contribution in [3.05, 3.63) is 29.8 Å². The van der Waals surface area contributed by atoms with Crippen molar-refractivity contribution < 1.29 is 9.13 Å². The Hall–Kier alpha value is -2.08. The number of anilines is 1. The van der Waals surface area contributed by atoms with Gasteiger partial charge in [0.25, 0.3) is 0 Å². The highest BCUT2D eigenvalue weighted by Crippen LogP contribution is 2.31. The lowest BCUT2D eigenvalue weighted by molar-refractivity contribution is 0.282. The minimum absolute atomic E-state index is 0.446. The van der Waals surface area contributed by atoms with E-state index in [1.54, 1.807) is 13.2 Å². The summed E-state index contributed by atoms with van der Waals surface area (Å²) in [5, 5.41) is 6.81. The van der Waals surface area contributed by atoms with Crippen molar-refractivity contribution in [2.75, 3.05) is 25.9 Å². The van der Waals surface area contributed by atoms with Crippen molar-refractivity contribution in [2.45, 2.75) is 19.1 Å². The van der Waals surface area contributed by atoms with E-state index in [0.717, 1.165) is 35.7 Å². The molecule has 6 heteroatoms. The second-order valence-electron chi connectivity index (χ2n) is 5.36. The van der Waals surface area contributed by atoms with E-state index in [2.05, 4.69) is 15.1 Å². The molecule has 1 saturated heterocycles. The van der Waals surface area contributed by atoms with Crippen LogP contribution in [0.2, 0.25) is 0 Å². The first-order chi connectivity index (χ1) is 10.2. The number of H-pyrrole nitrogens is 1. The fourth-order valence-electron chi connectivity index (χ4n) is 2.72. The number of aromatic amines is 1. The molecule has 2 heterocycles. The summed E-state index contributed by atoms with van der Waals surface area (Å²) in [4.78, 5) is 2.12. The molecule has 1 aliphatic heterocycles. The summed E-state index contributed by atoms with van der Waals surface area (Å²) in [6, 6.07) is 7.76. The predicted octanol–water partition coefficient (Wildman–Crippen LogP) is 2.21. The number of methoxy groups -OCH3 is 1. The van der Waals surface area contributed by atoms with E-state index in [1.165, 1.54) is 0 Å². The molecule has 5 nitrogen and oxygen atoms in total. The molecule has 0 amide bonds. The molecule has 1 aliphatic rings. The number of halogens is 1. The summed E-state index contributed by atoms with van der Waals surface area (Å²) < 4.78 is 18.7. The van der Waals surface area contributed by atoms with Crippen molar-refractivity contribution in [2.24, 2.45) is 0 Å². The molecule has 2 aromatic rings. The minimum atomic E-state index is -0.695. The van der Waals surface area contributed by atoms with Gasteiger partial charge in [-0.15, -0.1) is 0 Å². The molecule has 1 aromatic heterocycles. The van der Waals surface area contributed by atoms with Crippen LogP contribution in [0.15, 0.2) is 24.3 Å². The Morgan fingerprint density at radius 1 is 1.48 bits per heavy atom. The summed E-state index contributed by atoms with van der Waals surface area (Å²) in [5.41, 5.74) is 8.47. The molecule has 3 N–H and O–H groups in total. The maximum absolute atomic E-state index is 13.2. The van der Waals surface area contributed by atoms with Crippen molar-refractivity contribution in [3.63, 3.8) is 0 Å². The second-order valence-corrected chi connectivity index (χ2v) is 5.36. The number of hydrogen-bond acceptors (Lipinski definition) is 4. The van der Waals surface area contributed by atoms with Crippen LogP contribution in [0.25, 0.3) is 11.3 Å². The third-order valence-corrected chi connectivity index (χ3v) is 3.77. The highest BCUT2D eigenvalue weighted by molar-refractivity contribution is 5.69. The van der Waals surface area contributed by atoms with Gasteiger partial charge in [0.15, 0.2) is 0 Å². The fourth-order valence-corrected chi connectivity index (χ4v) is 2.72. The van der Waals surface area contributed by atoms with Gasteiger partial charge in [-0.1, -0.05) is 6.07 Å². The van der Waals surface area contributed by atoms with Gasteiger partial charge < -0.3 is 10.5 Å². The number of benzene rings is 1. The van der Waals surface area contributed by atoms with Gasteiger partial charge in [-0.05, 0) is 24.1 Å². The molecule has 1 fully saturated rings. The Morgan fingerprint density at radius 3 is 2.95 bits per heavy atom. The highest BCUT2D eigenvalue weighted by Gasteiger charge is 2.22. The number of hydrogen-bond donors (Lipinski definition) is 2. The van der Waals surface area contributed by atoms with Crippen LogP contribution in [-0.4, -0.2) is 41.5 Å². The Balaban J connectivity index is 1.81. The van der Waals surface area contributed by atoms with E-state index >= 15 is 0 Å². The van der Waals surface area contributed by atoms with Crippen molar-refractivity contribution in [3.8, 4) is 17.0 Å². The summed E-state index contributed by atoms with van der Waals surface area (Å²) in [7, 11) is 1.63. The van der Waals surface area contributed by atoms with Gasteiger partial charge in [0.1, 0.15) is 17.7 Å². The predicted molar refractivity (Wildman–Crippen MR) is 79.8 cm³/mol. The first-order valence-corrected chi connectivity index (χ1v) is 7.00. The molecule has 1 aromatic carbocycles. The standard InChI is InChI=1S/C15H19FN4O/c1-21-14-6-10(8-20-5-4-11(16)9-20)2-3-12(14)13-7-15(17)19-18-13/h2-3,6-7,11H,4-5,8-9H2,1H3,(H3,17,18,19)/t11-/m1/s1. The van der Waals surface area contributed by atoms with Crippen LogP contribution in [0, 0.1) is 0 Å². The van der Waals surface area contributed by atoms with E-state index in [1.807, 2.05) is 18.2 Å². The monoisotopic (exact) mass is 290 g/mol. The molecule has 0 radical (unpaired) electrons. The molecule has 0 unspecified atom stereocenters. The Bertz CT molecular complexity index is 628. The maximum Gasteiger partial charge on any atom is 0.145 e. The zero-order valence-electron chi connectivity index (χ0n) is 12.0. The normalized spacial score (nSPS) is 19.0. The van der Waals surface area contributed by atoms with Crippen molar-refractivity contribution in [1.29, 1.82) is 0 Å². The number of alkyl halides is 1. The number of aromatic nitrogens is 2. The lowest BCUT2D eigenvalue weighted by atomic mass is 10.1. The van der Waals surface area contributed by atoms with Gasteiger partial charge in [-0.3, -0.25) is 10.00 Å². The average molecular weight is 290 g/mol. The van der Waals surface area contributed by atoms with Crippen LogP contribution in [0.4, 0.5) is 10.2 Å². The van der Waals surface area contributed by atoms with E-state index in [4.69, 9.17) is 10.5 Å². The van der Waals surface area contributed by atoms with E-state index in [0.29, 0.717) is 18.8 Å². The topological polar surface area (TPSA) is 67.2 Å². The summed E-state index contributed by atoms with van der Waals surface area (Å²) in [5.74, 6) is 1.20. The quantitative estimate of drug-likeness (QED) is 0.906. The Labute approximate surface area is 122 Å². The molecule has 3 rings (SSSR count). The van der Waals surface area contributed by atoms with Crippen LogP contribution in [-0.2, 0) is 6.54 Å². The number of likely N-dealkylation sites (tertiary alicyclic amines) is 1. The molecule has 0 aliphatic carbocycles. The molecule has 112 valence electrons. The number of nitrogens with one attached hydrogen (secondary N) is 1. The second kappa shape index (κ2) is 5.73. The van der Waals surface area contributed by atoms with E-state index in [9.17, 15) is 4.39 Å². The van der Waals surface area contributed by atoms with Crippen LogP contribution in [0.3, 0.4) is 0 Å². The van der Waals surface area contributed by atoms with E-state index in [-0.39, 0.29) is 0 Å². The number of ether oxygens (including phenoxy) is 1. The summed E-state index contributed by atoms with van der Waals surface area (Å²) >= 11 is 0. The molecule has 0 bridgehead atoms. The summed E-state index contributed by atoms with van der Waals surface area (Å²) in [6.45, 7) is 2.06. The Kier molecular flexibility index (Phi) is 3.79. The third-order valence-electron chi connectivity index (χ3n) is 3.77. The SMILES string of the molecule is COc1cc(CN2CC[C@@H](F)C2)ccc1-c1cc(N)n[nH]1. The summed E-state index contributed by atoms with van der Waals surface area (Å²) in [6.07, 6.45) is -0.0676. The van der Waals surface area contributed by atoms with Gasteiger partial charge in [0.2, 0.25) is 0 Å². The molecule has 21 heavy (non-hydrogen) atoms. The minimum Gasteiger partial charge on any atom is -0.496 e. The molecule has 0 saturated carbocycles. The van der Waals surface area contributed by atoms with Crippen LogP contribution in [0.5, 0.6) is 5.75 Å². The third kappa shape index (κ3) is 3.00. The highest BCUT2D eigenvalue weighted by atomic mass is 19.1. The Morgan fingerprint density at radius 2 is 2.33 bits per heavy atom. The van der Waals surface area contributed by atoms with Gasteiger partial charge in [0.05, 0.1) is 12.8 Å². The first kappa shape index (κ1) is 13.9. The zero-order chi connectivity index (χ0) is 14.8. The van der Waals surface area contributed by atoms with Crippen LogP contribution < -0.4 is 10.5 Å². The van der Waals surface area contributed by atoms with Gasteiger partial charge in [-0.25, -0.2) is 4.39 Å². The zero-order valence-corrected chi connectivity index (χ0v) is 12.0. The molecular weight excluding hydrogens is 271 g/mol. The molecular formula is C15H19FN4O. The number of rotatable bonds is 4. The van der Waals surface area contributed by atoms with Crippen LogP contribution in [0.1, 0.15) is 12.0 Å². The maximum atomic E-state index is 13.2. The van der Waals surface area contributed by atoms with Crippen LogP contribution >= 0.6 is 0 Å². The van der Waals surface area contributed by atoms with Gasteiger partial charge in [-0.2, -0.15) is 5.10 Å².